The Morgan fingerprint density at radius 2 is 1.84 bits per heavy atom. The molecule has 25 heavy (non-hydrogen) atoms. The van der Waals surface area contributed by atoms with Crippen molar-refractivity contribution in [3.05, 3.63) is 48.6 Å². The van der Waals surface area contributed by atoms with Gasteiger partial charge in [-0.2, -0.15) is 5.26 Å². The lowest BCUT2D eigenvalue weighted by atomic mass is 10.2. The van der Waals surface area contributed by atoms with E-state index >= 15 is 0 Å². The molecule has 0 heterocycles. The number of allylic oxidation sites excluding steroid dienone is 2. The van der Waals surface area contributed by atoms with Gasteiger partial charge in [0.05, 0.1) is 24.9 Å². The molecule has 0 bridgehead atoms. The number of hydrogen-bond donors (Lipinski definition) is 2. The number of aliphatic hydroxyl groups is 1. The third-order valence-corrected chi connectivity index (χ3v) is 2.18. The van der Waals surface area contributed by atoms with E-state index in [2.05, 4.69) is 17.9 Å². The van der Waals surface area contributed by atoms with E-state index in [9.17, 15) is 14.4 Å². The molecule has 0 aliphatic carbocycles. The Kier molecular flexibility index (Phi) is 13.9. The first-order chi connectivity index (χ1) is 11.6. The number of rotatable bonds is 8. The second kappa shape index (κ2) is 14.4. The molecule has 1 unspecified atom stereocenters. The standard InChI is InChI=1S/C10H13NO3.C7H8O4/c1-8(5-3-4-6-11)10(13)14-7-9(2)12;1-5(7(10)11-2)3-4-6(8)9/h3-4,9,12H,1,5,7H2,2H3;3-4H,1H2,2H3,(H,8,9). The van der Waals surface area contributed by atoms with Crippen molar-refractivity contribution < 1.29 is 34.1 Å². The van der Waals surface area contributed by atoms with Crippen LogP contribution in [0.2, 0.25) is 0 Å². The fourth-order valence-corrected chi connectivity index (χ4v) is 1.01. The predicted molar refractivity (Wildman–Crippen MR) is 89.1 cm³/mol. The molecule has 0 saturated carbocycles. The lowest BCUT2D eigenvalue weighted by Crippen LogP contribution is -2.16. The van der Waals surface area contributed by atoms with Crippen LogP contribution in [-0.2, 0) is 23.9 Å². The molecule has 0 aromatic rings. The molecule has 8 heteroatoms. The van der Waals surface area contributed by atoms with E-state index in [-0.39, 0.29) is 24.2 Å². The summed E-state index contributed by atoms with van der Waals surface area (Å²) in [7, 11) is 1.20. The highest BCUT2D eigenvalue weighted by Gasteiger charge is 2.07. The monoisotopic (exact) mass is 351 g/mol. The Balaban J connectivity index is 0. The molecule has 136 valence electrons. The number of nitrogens with zero attached hydrogens (tertiary/aromatic N) is 1. The molecule has 0 fully saturated rings. The number of carbonyl (C=O) groups excluding carboxylic acids is 2. The van der Waals surface area contributed by atoms with Gasteiger partial charge in [0.1, 0.15) is 6.61 Å². The molecular formula is C17H21NO7. The van der Waals surface area contributed by atoms with Crippen LogP contribution in [0, 0.1) is 11.3 Å². The highest BCUT2D eigenvalue weighted by atomic mass is 16.5. The van der Waals surface area contributed by atoms with Crippen molar-refractivity contribution in [2.75, 3.05) is 13.7 Å². The minimum Gasteiger partial charge on any atom is -0.478 e. The fourth-order valence-electron chi connectivity index (χ4n) is 1.01. The quantitative estimate of drug-likeness (QED) is 0.289. The summed E-state index contributed by atoms with van der Waals surface area (Å²) in [5.74, 6) is -2.31. The third-order valence-electron chi connectivity index (χ3n) is 2.18. The SMILES string of the molecule is C=C(C=CC(=O)O)C(=O)OC.C=C(CC=CC#N)C(=O)OCC(C)O. The molecule has 0 aliphatic heterocycles. The number of esters is 2. The molecule has 0 radical (unpaired) electrons. The van der Waals surface area contributed by atoms with Gasteiger partial charge in [0.25, 0.3) is 0 Å². The molecule has 0 aromatic carbocycles. The van der Waals surface area contributed by atoms with Gasteiger partial charge in [-0.15, -0.1) is 0 Å². The number of hydrogen-bond acceptors (Lipinski definition) is 7. The number of aliphatic carboxylic acids is 1. The van der Waals surface area contributed by atoms with E-state index in [1.165, 1.54) is 26.2 Å². The zero-order valence-electron chi connectivity index (χ0n) is 14.1. The van der Waals surface area contributed by atoms with Gasteiger partial charge in [0.2, 0.25) is 0 Å². The molecule has 0 saturated heterocycles. The van der Waals surface area contributed by atoms with Gasteiger partial charge in [0, 0.05) is 17.7 Å². The number of ether oxygens (including phenoxy) is 2. The van der Waals surface area contributed by atoms with Crippen LogP contribution in [0.15, 0.2) is 48.6 Å². The number of methoxy groups -OCH3 is 1. The average Bonchev–Trinajstić information content (AvgIpc) is 2.57. The lowest BCUT2D eigenvalue weighted by molar-refractivity contribution is -0.141. The smallest absolute Gasteiger partial charge is 0.337 e. The summed E-state index contributed by atoms with van der Waals surface area (Å²) in [5.41, 5.74) is 0.270. The Morgan fingerprint density at radius 1 is 1.24 bits per heavy atom. The second-order valence-corrected chi connectivity index (χ2v) is 4.48. The van der Waals surface area contributed by atoms with Crippen LogP contribution >= 0.6 is 0 Å². The van der Waals surface area contributed by atoms with Crippen LogP contribution < -0.4 is 0 Å². The highest BCUT2D eigenvalue weighted by Crippen LogP contribution is 2.02. The van der Waals surface area contributed by atoms with Gasteiger partial charge in [-0.25, -0.2) is 14.4 Å². The van der Waals surface area contributed by atoms with Crippen LogP contribution in [0.1, 0.15) is 13.3 Å². The van der Waals surface area contributed by atoms with Crippen molar-refractivity contribution in [3.63, 3.8) is 0 Å². The Hall–Kier alpha value is -3.18. The van der Waals surface area contributed by atoms with Crippen LogP contribution in [0.4, 0.5) is 0 Å². The predicted octanol–water partition coefficient (Wildman–Crippen LogP) is 1.29. The van der Waals surface area contributed by atoms with E-state index in [0.717, 1.165) is 12.2 Å². The van der Waals surface area contributed by atoms with Gasteiger partial charge in [-0.1, -0.05) is 19.2 Å². The van der Waals surface area contributed by atoms with Crippen molar-refractivity contribution in [2.24, 2.45) is 0 Å². The first kappa shape index (κ1) is 24.1. The summed E-state index contributed by atoms with van der Waals surface area (Å²) in [5, 5.41) is 25.1. The summed E-state index contributed by atoms with van der Waals surface area (Å²) in [6, 6.07) is 1.80. The molecular weight excluding hydrogens is 330 g/mol. The maximum Gasteiger partial charge on any atom is 0.337 e. The zero-order valence-corrected chi connectivity index (χ0v) is 14.1. The summed E-state index contributed by atoms with van der Waals surface area (Å²) < 4.78 is 8.95. The molecule has 2 N–H and O–H groups in total. The van der Waals surface area contributed by atoms with Gasteiger partial charge in [0.15, 0.2) is 0 Å². The second-order valence-electron chi connectivity index (χ2n) is 4.48. The minimum absolute atomic E-state index is 0.00917. The maximum absolute atomic E-state index is 11.1. The molecule has 0 aromatic heterocycles. The van der Waals surface area contributed by atoms with Gasteiger partial charge < -0.3 is 19.7 Å². The highest BCUT2D eigenvalue weighted by molar-refractivity contribution is 5.92. The van der Waals surface area contributed by atoms with Crippen LogP contribution in [-0.4, -0.2) is 47.9 Å². The summed E-state index contributed by atoms with van der Waals surface area (Å²) in [4.78, 5) is 31.6. The van der Waals surface area contributed by atoms with Crippen LogP contribution in [0.5, 0.6) is 0 Å². The summed E-state index contributed by atoms with van der Waals surface area (Å²) >= 11 is 0. The fraction of sp³-hybridized carbons (Fsp3) is 0.294. The Bertz CT molecular complexity index is 595. The van der Waals surface area contributed by atoms with E-state index in [1.54, 1.807) is 6.07 Å². The summed E-state index contributed by atoms with van der Waals surface area (Å²) in [6.45, 7) is 8.24. The van der Waals surface area contributed by atoms with Crippen molar-refractivity contribution >= 4 is 17.9 Å². The largest absolute Gasteiger partial charge is 0.478 e. The van der Waals surface area contributed by atoms with Crippen molar-refractivity contribution in [3.8, 4) is 6.07 Å². The number of nitriles is 1. The average molecular weight is 351 g/mol. The maximum atomic E-state index is 11.1. The van der Waals surface area contributed by atoms with Crippen molar-refractivity contribution in [1.82, 2.24) is 0 Å². The van der Waals surface area contributed by atoms with Crippen molar-refractivity contribution in [2.45, 2.75) is 19.4 Å². The molecule has 1 atom stereocenters. The molecule has 0 aliphatic rings. The molecule has 0 amide bonds. The van der Waals surface area contributed by atoms with E-state index in [4.69, 9.17) is 20.2 Å². The zero-order chi connectivity index (χ0) is 19.8. The van der Waals surface area contributed by atoms with Crippen molar-refractivity contribution in [1.29, 1.82) is 5.26 Å². The van der Waals surface area contributed by atoms with Gasteiger partial charge >= 0.3 is 17.9 Å². The van der Waals surface area contributed by atoms with Crippen LogP contribution in [0.3, 0.4) is 0 Å². The first-order valence-electron chi connectivity index (χ1n) is 6.91. The number of aliphatic hydroxyl groups excluding tert-OH is 1. The van der Waals surface area contributed by atoms with Gasteiger partial charge in [-0.3, -0.25) is 0 Å². The Morgan fingerprint density at radius 3 is 2.28 bits per heavy atom. The topological polar surface area (TPSA) is 134 Å². The summed E-state index contributed by atoms with van der Waals surface area (Å²) in [6.07, 6.45) is 4.29. The van der Waals surface area contributed by atoms with E-state index in [1.807, 2.05) is 0 Å². The Labute approximate surface area is 146 Å². The molecule has 0 spiro atoms. The molecule has 8 nitrogen and oxygen atoms in total. The number of carbonyl (C=O) groups is 3. The van der Waals surface area contributed by atoms with Gasteiger partial charge in [-0.05, 0) is 19.4 Å². The third kappa shape index (κ3) is 15.5. The number of carboxylic acids is 1. The first-order valence-corrected chi connectivity index (χ1v) is 6.91. The minimum atomic E-state index is -1.13. The normalized spacial score (nSPS) is 11.0. The molecule has 0 rings (SSSR count). The van der Waals surface area contributed by atoms with E-state index in [0.29, 0.717) is 0 Å². The van der Waals surface area contributed by atoms with Crippen LogP contribution in [0.25, 0.3) is 0 Å². The lowest BCUT2D eigenvalue weighted by Gasteiger charge is -2.06. The number of carboxylic acid groups (broad SMARTS) is 1. The van der Waals surface area contributed by atoms with E-state index < -0.39 is 24.0 Å².